The van der Waals surface area contributed by atoms with E-state index in [4.69, 9.17) is 4.74 Å². The molecule has 28 heavy (non-hydrogen) atoms. The summed E-state index contributed by atoms with van der Waals surface area (Å²) in [7, 11) is 0. The molecule has 0 radical (unpaired) electrons. The fourth-order valence-electron chi connectivity index (χ4n) is 3.32. The van der Waals surface area contributed by atoms with Gasteiger partial charge in [-0.1, -0.05) is 30.3 Å². The van der Waals surface area contributed by atoms with E-state index < -0.39 is 4.92 Å². The van der Waals surface area contributed by atoms with Crippen molar-refractivity contribution in [3.63, 3.8) is 0 Å². The van der Waals surface area contributed by atoms with Crippen LogP contribution in [0.2, 0.25) is 0 Å². The second-order valence-electron chi connectivity index (χ2n) is 6.58. The highest BCUT2D eigenvalue weighted by atomic mass is 19.1. The van der Waals surface area contributed by atoms with Crippen LogP contribution >= 0.6 is 0 Å². The number of hydrogen-bond acceptors (Lipinski definition) is 5. The number of hydrogen-bond donors (Lipinski definition) is 1. The first-order chi connectivity index (χ1) is 13.5. The molecular weight excluding hydrogens is 365 g/mol. The Balaban J connectivity index is 1.68. The van der Waals surface area contributed by atoms with Crippen LogP contribution in [0.1, 0.15) is 17.2 Å². The first-order valence-corrected chi connectivity index (χ1v) is 9.11. The molecule has 1 atom stereocenters. The van der Waals surface area contributed by atoms with Crippen LogP contribution in [0.4, 0.5) is 10.1 Å². The Morgan fingerprint density at radius 1 is 1.18 bits per heavy atom. The Morgan fingerprint density at radius 2 is 1.86 bits per heavy atom. The van der Waals surface area contributed by atoms with Crippen molar-refractivity contribution in [3.05, 3.63) is 75.6 Å². The minimum absolute atomic E-state index is 0.0686. The van der Waals surface area contributed by atoms with Crippen LogP contribution in [-0.4, -0.2) is 48.6 Å². The molecule has 2 aromatic carbocycles. The summed E-state index contributed by atoms with van der Waals surface area (Å²) in [5, 5.41) is 14.0. The smallest absolute Gasteiger partial charge is 0.273 e. The highest BCUT2D eigenvalue weighted by molar-refractivity contribution is 5.79. The van der Waals surface area contributed by atoms with Gasteiger partial charge in [0.05, 0.1) is 30.6 Å². The maximum absolute atomic E-state index is 13.3. The van der Waals surface area contributed by atoms with E-state index >= 15 is 0 Å². The minimum atomic E-state index is -0.488. The van der Waals surface area contributed by atoms with Crippen molar-refractivity contribution in [2.75, 3.05) is 32.8 Å². The summed E-state index contributed by atoms with van der Waals surface area (Å²) in [6, 6.07) is 12.3. The summed E-state index contributed by atoms with van der Waals surface area (Å²) in [4.78, 5) is 25.2. The number of nitro groups is 1. The van der Waals surface area contributed by atoms with Gasteiger partial charge in [0.1, 0.15) is 5.82 Å². The summed E-state index contributed by atoms with van der Waals surface area (Å²) < 4.78 is 18.7. The summed E-state index contributed by atoms with van der Waals surface area (Å²) in [5.41, 5.74) is 1.20. The lowest BCUT2D eigenvalue weighted by Gasteiger charge is -2.35. The molecule has 1 heterocycles. The Kier molecular flexibility index (Phi) is 6.67. The molecule has 1 aliphatic heterocycles. The van der Waals surface area contributed by atoms with Crippen LogP contribution in [0.25, 0.3) is 0 Å². The summed E-state index contributed by atoms with van der Waals surface area (Å²) in [5.74, 6) is -0.612. The predicted octanol–water partition coefficient (Wildman–Crippen LogP) is 2.47. The minimum Gasteiger partial charge on any atom is -0.379 e. The Bertz CT molecular complexity index is 822. The van der Waals surface area contributed by atoms with Crippen LogP contribution in [0, 0.1) is 15.9 Å². The number of halogens is 1. The van der Waals surface area contributed by atoms with Crippen molar-refractivity contribution in [3.8, 4) is 0 Å². The zero-order valence-corrected chi connectivity index (χ0v) is 15.3. The van der Waals surface area contributed by atoms with Crippen LogP contribution < -0.4 is 5.32 Å². The number of ether oxygens (including phenoxy) is 1. The molecule has 1 N–H and O–H groups in total. The molecule has 0 spiro atoms. The first kappa shape index (κ1) is 19.9. The maximum atomic E-state index is 13.3. The molecular formula is C20H22FN3O4. The van der Waals surface area contributed by atoms with Gasteiger partial charge >= 0.3 is 0 Å². The quantitative estimate of drug-likeness (QED) is 0.583. The zero-order chi connectivity index (χ0) is 19.9. The number of nitrogens with zero attached hydrogens (tertiary/aromatic N) is 2. The molecule has 0 aromatic heterocycles. The third kappa shape index (κ3) is 5.11. The van der Waals surface area contributed by atoms with Crippen molar-refractivity contribution in [2.45, 2.75) is 12.5 Å². The number of para-hydroxylation sites is 1. The average molecular weight is 387 g/mol. The predicted molar refractivity (Wildman–Crippen MR) is 101 cm³/mol. The highest BCUT2D eigenvalue weighted by Crippen LogP contribution is 2.22. The van der Waals surface area contributed by atoms with Gasteiger partial charge in [-0.3, -0.25) is 19.8 Å². The fraction of sp³-hybridized carbons (Fsp3) is 0.350. The van der Waals surface area contributed by atoms with Crippen molar-refractivity contribution in [1.29, 1.82) is 0 Å². The van der Waals surface area contributed by atoms with Crippen molar-refractivity contribution >= 4 is 11.6 Å². The number of benzene rings is 2. The molecule has 0 bridgehead atoms. The van der Waals surface area contributed by atoms with E-state index in [2.05, 4.69) is 10.2 Å². The van der Waals surface area contributed by atoms with E-state index in [0.29, 0.717) is 38.4 Å². The van der Waals surface area contributed by atoms with Crippen molar-refractivity contribution in [2.24, 2.45) is 0 Å². The van der Waals surface area contributed by atoms with Gasteiger partial charge in [0.15, 0.2) is 0 Å². The van der Waals surface area contributed by atoms with Crippen LogP contribution in [0.3, 0.4) is 0 Å². The van der Waals surface area contributed by atoms with Gasteiger partial charge in [-0.2, -0.15) is 0 Å². The topological polar surface area (TPSA) is 84.7 Å². The molecule has 0 saturated carbocycles. The largest absolute Gasteiger partial charge is 0.379 e. The molecule has 1 aliphatic rings. The molecule has 1 saturated heterocycles. The lowest BCUT2D eigenvalue weighted by molar-refractivity contribution is -0.385. The normalized spacial score (nSPS) is 15.8. The number of nitrogens with one attached hydrogen (secondary N) is 1. The molecule has 148 valence electrons. The monoisotopic (exact) mass is 387 g/mol. The van der Waals surface area contributed by atoms with E-state index in [-0.39, 0.29) is 29.9 Å². The summed E-state index contributed by atoms with van der Waals surface area (Å²) in [6.45, 7) is 2.94. The molecule has 2 aromatic rings. The van der Waals surface area contributed by atoms with E-state index in [1.54, 1.807) is 30.3 Å². The highest BCUT2D eigenvalue weighted by Gasteiger charge is 2.24. The molecule has 3 rings (SSSR count). The van der Waals surface area contributed by atoms with Crippen molar-refractivity contribution in [1.82, 2.24) is 10.2 Å². The number of morpholine rings is 1. The molecule has 7 nitrogen and oxygen atoms in total. The first-order valence-electron chi connectivity index (χ1n) is 9.11. The molecule has 8 heteroatoms. The molecule has 1 amide bonds. The second kappa shape index (κ2) is 9.38. The van der Waals surface area contributed by atoms with Crippen LogP contribution in [0.15, 0.2) is 48.5 Å². The van der Waals surface area contributed by atoms with Crippen molar-refractivity contribution < 1.29 is 18.8 Å². The van der Waals surface area contributed by atoms with Crippen LogP contribution in [-0.2, 0) is 16.0 Å². The number of nitro benzene ring substituents is 1. The van der Waals surface area contributed by atoms with Gasteiger partial charge in [0, 0.05) is 31.3 Å². The Labute approximate surface area is 162 Å². The summed E-state index contributed by atoms with van der Waals surface area (Å²) >= 11 is 0. The number of rotatable bonds is 7. The van der Waals surface area contributed by atoms with E-state index in [1.165, 1.54) is 18.2 Å². The SMILES string of the molecule is O=C(Cc1ccccc1[N+](=O)[O-])NC[C@@H](c1ccc(F)cc1)N1CCOCC1. The number of amides is 1. The van der Waals surface area contributed by atoms with Gasteiger partial charge in [0.25, 0.3) is 5.69 Å². The van der Waals surface area contributed by atoms with Gasteiger partial charge in [0.2, 0.25) is 5.91 Å². The fourth-order valence-corrected chi connectivity index (χ4v) is 3.32. The number of carbonyl (C=O) groups is 1. The van der Waals surface area contributed by atoms with E-state index in [9.17, 15) is 19.3 Å². The second-order valence-corrected chi connectivity index (χ2v) is 6.58. The number of carbonyl (C=O) groups excluding carboxylic acids is 1. The van der Waals surface area contributed by atoms with Gasteiger partial charge < -0.3 is 10.1 Å². The van der Waals surface area contributed by atoms with E-state index in [0.717, 1.165) is 5.56 Å². The Morgan fingerprint density at radius 3 is 2.54 bits per heavy atom. The van der Waals surface area contributed by atoms with Gasteiger partial charge in [-0.15, -0.1) is 0 Å². The van der Waals surface area contributed by atoms with E-state index in [1.807, 2.05) is 0 Å². The third-order valence-corrected chi connectivity index (χ3v) is 4.77. The van der Waals surface area contributed by atoms with Gasteiger partial charge in [-0.05, 0) is 17.7 Å². The molecule has 1 fully saturated rings. The van der Waals surface area contributed by atoms with Crippen LogP contribution in [0.5, 0.6) is 0 Å². The lowest BCUT2D eigenvalue weighted by Crippen LogP contribution is -2.44. The maximum Gasteiger partial charge on any atom is 0.273 e. The summed E-state index contributed by atoms with van der Waals surface area (Å²) in [6.07, 6.45) is -0.0730. The zero-order valence-electron chi connectivity index (χ0n) is 15.3. The lowest BCUT2D eigenvalue weighted by atomic mass is 10.0. The standard InChI is InChI=1S/C20H22FN3O4/c21-17-7-5-15(6-8-17)19(23-9-11-28-12-10-23)14-22-20(25)13-16-3-1-2-4-18(16)24(26)27/h1-8,19H,9-14H2,(H,22,25)/t19-/m0/s1. The Hall–Kier alpha value is -2.84. The molecule has 0 aliphatic carbocycles. The van der Waals surface area contributed by atoms with Gasteiger partial charge in [-0.25, -0.2) is 4.39 Å². The average Bonchev–Trinajstić information content (AvgIpc) is 2.70. The molecule has 0 unspecified atom stereocenters. The third-order valence-electron chi connectivity index (χ3n) is 4.77.